The van der Waals surface area contributed by atoms with Gasteiger partial charge in [0.2, 0.25) is 5.91 Å². The van der Waals surface area contributed by atoms with E-state index in [2.05, 4.69) is 22.8 Å². The minimum Gasteiger partial charge on any atom is -0.382 e. The molecule has 0 spiro atoms. The molecule has 0 heterocycles. The zero-order valence-corrected chi connectivity index (χ0v) is 12.0. The van der Waals surface area contributed by atoms with Crippen molar-refractivity contribution in [2.45, 2.75) is 58.4 Å². The highest BCUT2D eigenvalue weighted by Gasteiger charge is 2.12. The highest BCUT2D eigenvalue weighted by molar-refractivity contribution is 5.90. The number of rotatable bonds is 3. The van der Waals surface area contributed by atoms with E-state index in [1.165, 1.54) is 38.5 Å². The summed E-state index contributed by atoms with van der Waals surface area (Å²) in [5.74, 6) is -0.0188. The molecule has 0 bridgehead atoms. The second kappa shape index (κ2) is 6.60. The molecule has 1 fully saturated rings. The van der Waals surface area contributed by atoms with Crippen LogP contribution in [0.15, 0.2) is 18.2 Å². The van der Waals surface area contributed by atoms with Crippen LogP contribution in [0.3, 0.4) is 0 Å². The molecule has 104 valence electrons. The fraction of sp³-hybridized carbons (Fsp3) is 0.562. The van der Waals surface area contributed by atoms with Crippen LogP contribution >= 0.6 is 0 Å². The molecular weight excluding hydrogens is 236 g/mol. The maximum Gasteiger partial charge on any atom is 0.221 e. The van der Waals surface area contributed by atoms with Crippen molar-refractivity contribution in [3.8, 4) is 0 Å². The molecule has 3 heteroatoms. The normalized spacial score (nSPS) is 16.7. The van der Waals surface area contributed by atoms with Gasteiger partial charge in [0.25, 0.3) is 0 Å². The van der Waals surface area contributed by atoms with Crippen molar-refractivity contribution in [2.24, 2.45) is 0 Å². The van der Waals surface area contributed by atoms with Crippen LogP contribution in [0.2, 0.25) is 0 Å². The van der Waals surface area contributed by atoms with E-state index in [4.69, 9.17) is 0 Å². The molecule has 1 saturated carbocycles. The molecule has 1 amide bonds. The molecule has 2 N–H and O–H groups in total. The Bertz CT molecular complexity index is 434. The van der Waals surface area contributed by atoms with Crippen molar-refractivity contribution in [2.75, 3.05) is 10.6 Å². The van der Waals surface area contributed by atoms with Crippen molar-refractivity contribution < 1.29 is 4.79 Å². The van der Waals surface area contributed by atoms with Crippen LogP contribution in [0.4, 0.5) is 11.4 Å². The third-order valence-electron chi connectivity index (χ3n) is 3.77. The Morgan fingerprint density at radius 3 is 2.47 bits per heavy atom. The molecule has 0 saturated heterocycles. The number of benzene rings is 1. The minimum absolute atomic E-state index is 0.0188. The van der Waals surface area contributed by atoms with E-state index in [-0.39, 0.29) is 5.91 Å². The molecule has 2 rings (SSSR count). The fourth-order valence-electron chi connectivity index (χ4n) is 2.70. The van der Waals surface area contributed by atoms with E-state index in [0.717, 1.165) is 16.9 Å². The lowest BCUT2D eigenvalue weighted by Crippen LogP contribution is -2.18. The summed E-state index contributed by atoms with van der Waals surface area (Å²) < 4.78 is 0. The summed E-state index contributed by atoms with van der Waals surface area (Å²) in [6.07, 6.45) is 7.88. The van der Waals surface area contributed by atoms with Crippen molar-refractivity contribution in [1.82, 2.24) is 0 Å². The number of amides is 1. The third-order valence-corrected chi connectivity index (χ3v) is 3.77. The molecule has 1 aromatic carbocycles. The lowest BCUT2D eigenvalue weighted by Gasteiger charge is -2.19. The first-order valence-corrected chi connectivity index (χ1v) is 7.30. The third kappa shape index (κ3) is 4.27. The average molecular weight is 260 g/mol. The second-order valence-corrected chi connectivity index (χ2v) is 5.54. The van der Waals surface area contributed by atoms with Gasteiger partial charge in [-0.2, -0.15) is 0 Å². The van der Waals surface area contributed by atoms with Crippen LogP contribution in [-0.2, 0) is 4.79 Å². The summed E-state index contributed by atoms with van der Waals surface area (Å²) in [7, 11) is 0. The first-order valence-electron chi connectivity index (χ1n) is 7.30. The van der Waals surface area contributed by atoms with Gasteiger partial charge in [-0.25, -0.2) is 0 Å². The van der Waals surface area contributed by atoms with E-state index < -0.39 is 0 Å². The fourth-order valence-corrected chi connectivity index (χ4v) is 2.70. The van der Waals surface area contributed by atoms with Crippen LogP contribution in [0, 0.1) is 6.92 Å². The van der Waals surface area contributed by atoms with Gasteiger partial charge in [0.1, 0.15) is 0 Å². The Morgan fingerprint density at radius 2 is 1.84 bits per heavy atom. The van der Waals surface area contributed by atoms with Crippen LogP contribution in [0.5, 0.6) is 0 Å². The van der Waals surface area contributed by atoms with Gasteiger partial charge in [0.15, 0.2) is 0 Å². The van der Waals surface area contributed by atoms with Crippen molar-refractivity contribution in [1.29, 1.82) is 0 Å². The number of carbonyl (C=O) groups is 1. The number of anilines is 2. The molecule has 1 aliphatic carbocycles. The smallest absolute Gasteiger partial charge is 0.221 e. The average Bonchev–Trinajstić information content (AvgIpc) is 2.61. The lowest BCUT2D eigenvalue weighted by molar-refractivity contribution is -0.114. The number of hydrogen-bond acceptors (Lipinski definition) is 2. The van der Waals surface area contributed by atoms with E-state index in [9.17, 15) is 4.79 Å². The Hall–Kier alpha value is -1.51. The van der Waals surface area contributed by atoms with Gasteiger partial charge in [0, 0.05) is 24.3 Å². The predicted octanol–water partition coefficient (Wildman–Crippen LogP) is 4.09. The summed E-state index contributed by atoms with van der Waals surface area (Å²) in [5, 5.41) is 6.49. The van der Waals surface area contributed by atoms with Gasteiger partial charge in [0.05, 0.1) is 0 Å². The largest absolute Gasteiger partial charge is 0.382 e. The first kappa shape index (κ1) is 13.9. The number of aryl methyl sites for hydroxylation is 1. The van der Waals surface area contributed by atoms with Crippen LogP contribution in [0.1, 0.15) is 51.0 Å². The Morgan fingerprint density at radius 1 is 1.16 bits per heavy atom. The van der Waals surface area contributed by atoms with E-state index >= 15 is 0 Å². The molecule has 0 aliphatic heterocycles. The summed E-state index contributed by atoms with van der Waals surface area (Å²) in [6.45, 7) is 3.56. The number of carbonyl (C=O) groups excluding carboxylic acids is 1. The zero-order valence-electron chi connectivity index (χ0n) is 12.0. The standard InChI is InChI=1S/C16H24N2O/c1-12-9-10-15(11-16(12)17-13(2)19)18-14-7-5-3-4-6-8-14/h9-11,14,18H,3-8H2,1-2H3,(H,17,19). The van der Waals surface area contributed by atoms with E-state index in [0.29, 0.717) is 6.04 Å². The first-order chi connectivity index (χ1) is 9.15. The van der Waals surface area contributed by atoms with Crippen LogP contribution < -0.4 is 10.6 Å². The predicted molar refractivity (Wildman–Crippen MR) is 80.6 cm³/mol. The maximum absolute atomic E-state index is 11.2. The van der Waals surface area contributed by atoms with Gasteiger partial charge in [-0.15, -0.1) is 0 Å². The van der Waals surface area contributed by atoms with Gasteiger partial charge >= 0.3 is 0 Å². The summed E-state index contributed by atoms with van der Waals surface area (Å²) >= 11 is 0. The topological polar surface area (TPSA) is 41.1 Å². The monoisotopic (exact) mass is 260 g/mol. The van der Waals surface area contributed by atoms with E-state index in [1.807, 2.05) is 13.0 Å². The molecule has 1 aliphatic rings. The minimum atomic E-state index is -0.0188. The van der Waals surface area contributed by atoms with E-state index in [1.54, 1.807) is 6.92 Å². The lowest BCUT2D eigenvalue weighted by atomic mass is 10.1. The van der Waals surface area contributed by atoms with Gasteiger partial charge in [-0.05, 0) is 37.5 Å². The molecule has 0 unspecified atom stereocenters. The molecule has 0 atom stereocenters. The molecule has 1 aromatic rings. The van der Waals surface area contributed by atoms with Crippen LogP contribution in [0.25, 0.3) is 0 Å². The van der Waals surface area contributed by atoms with Crippen molar-refractivity contribution in [3.63, 3.8) is 0 Å². The SMILES string of the molecule is CC(=O)Nc1cc(NC2CCCCCC2)ccc1C. The van der Waals surface area contributed by atoms with Crippen molar-refractivity contribution in [3.05, 3.63) is 23.8 Å². The molecular formula is C16H24N2O. The Kier molecular flexibility index (Phi) is 4.83. The van der Waals surface area contributed by atoms with Gasteiger partial charge < -0.3 is 10.6 Å². The highest BCUT2D eigenvalue weighted by atomic mass is 16.1. The maximum atomic E-state index is 11.2. The Balaban J connectivity index is 2.05. The summed E-state index contributed by atoms with van der Waals surface area (Å²) in [6, 6.07) is 6.78. The highest BCUT2D eigenvalue weighted by Crippen LogP contribution is 2.24. The summed E-state index contributed by atoms with van der Waals surface area (Å²) in [5.41, 5.74) is 3.12. The van der Waals surface area contributed by atoms with Crippen LogP contribution in [-0.4, -0.2) is 11.9 Å². The Labute approximate surface area is 115 Å². The second-order valence-electron chi connectivity index (χ2n) is 5.54. The number of hydrogen-bond donors (Lipinski definition) is 2. The molecule has 0 aromatic heterocycles. The molecule has 0 radical (unpaired) electrons. The van der Waals surface area contributed by atoms with Gasteiger partial charge in [-0.1, -0.05) is 31.7 Å². The van der Waals surface area contributed by atoms with Gasteiger partial charge in [-0.3, -0.25) is 4.79 Å². The van der Waals surface area contributed by atoms with Crippen molar-refractivity contribution >= 4 is 17.3 Å². The molecule has 19 heavy (non-hydrogen) atoms. The zero-order chi connectivity index (χ0) is 13.7. The summed E-state index contributed by atoms with van der Waals surface area (Å²) in [4.78, 5) is 11.2. The quantitative estimate of drug-likeness (QED) is 0.804. The molecule has 3 nitrogen and oxygen atoms in total. The number of nitrogens with one attached hydrogen (secondary N) is 2.